The molecule has 0 spiro atoms. The van der Waals surface area contributed by atoms with Gasteiger partial charge in [-0.25, -0.2) is 4.79 Å². The van der Waals surface area contributed by atoms with Gasteiger partial charge in [-0.2, -0.15) is 0 Å². The molecule has 0 unspecified atom stereocenters. The Bertz CT molecular complexity index is 747. The summed E-state index contributed by atoms with van der Waals surface area (Å²) in [5.41, 5.74) is 2.61. The molecule has 1 fully saturated rings. The van der Waals surface area contributed by atoms with Crippen molar-refractivity contribution in [3.05, 3.63) is 34.8 Å². The minimum atomic E-state index is -0.666. The molecule has 0 aliphatic carbocycles. The maximum atomic E-state index is 12.4. The first-order chi connectivity index (χ1) is 12.5. The molecular weight excluding hydrogens is 376 g/mol. The van der Waals surface area contributed by atoms with Gasteiger partial charge in [-0.1, -0.05) is 22.9 Å². The molecule has 10 heteroatoms. The van der Waals surface area contributed by atoms with Gasteiger partial charge in [-0.05, 0) is 31.2 Å². The summed E-state index contributed by atoms with van der Waals surface area (Å²) in [7, 11) is 0. The molecule has 2 N–H and O–H groups in total. The summed E-state index contributed by atoms with van der Waals surface area (Å²) >= 11 is 7.14. The summed E-state index contributed by atoms with van der Waals surface area (Å²) < 4.78 is 0. The van der Waals surface area contributed by atoms with Crippen LogP contribution in [0.25, 0.3) is 0 Å². The molecule has 0 radical (unpaired) electrons. The highest BCUT2D eigenvalue weighted by Crippen LogP contribution is 2.19. The number of rotatable bonds is 4. The molecule has 2 aromatic rings. The van der Waals surface area contributed by atoms with Crippen LogP contribution < -0.4 is 15.5 Å². The molecule has 8 nitrogen and oxygen atoms in total. The Hall–Kier alpha value is -2.39. The summed E-state index contributed by atoms with van der Waals surface area (Å²) in [5.74, 6) is -0.324. The largest absolute Gasteiger partial charge is 0.368 e. The summed E-state index contributed by atoms with van der Waals surface area (Å²) in [4.78, 5) is 28.4. The molecule has 1 aliphatic heterocycles. The summed E-state index contributed by atoms with van der Waals surface area (Å²) in [5, 5.41) is 13.8. The number of hydrogen-bond donors (Lipinski definition) is 2. The third-order valence-electron chi connectivity index (χ3n) is 4.08. The summed E-state index contributed by atoms with van der Waals surface area (Å²) in [6.07, 6.45) is 0. The second kappa shape index (κ2) is 8.33. The minimum absolute atomic E-state index is 0.249. The van der Waals surface area contributed by atoms with E-state index in [4.69, 9.17) is 11.6 Å². The van der Waals surface area contributed by atoms with Crippen LogP contribution in [0.3, 0.4) is 0 Å². The van der Waals surface area contributed by atoms with E-state index in [9.17, 15) is 9.59 Å². The van der Waals surface area contributed by atoms with Crippen LogP contribution in [0.2, 0.25) is 5.02 Å². The maximum absolute atomic E-state index is 12.4. The number of hydrogen-bond acceptors (Lipinski definition) is 6. The van der Waals surface area contributed by atoms with E-state index in [0.29, 0.717) is 23.2 Å². The number of nitrogens with zero attached hydrogens (tertiary/aromatic N) is 4. The van der Waals surface area contributed by atoms with Crippen molar-refractivity contribution >= 4 is 45.7 Å². The highest BCUT2D eigenvalue weighted by Gasteiger charge is 2.24. The Morgan fingerprint density at radius 2 is 1.88 bits per heavy atom. The number of piperazine rings is 1. The first kappa shape index (κ1) is 18.4. The van der Waals surface area contributed by atoms with Crippen molar-refractivity contribution in [3.8, 4) is 0 Å². The fraction of sp³-hybridized carbons (Fsp3) is 0.375. The van der Waals surface area contributed by atoms with Crippen molar-refractivity contribution in [2.75, 3.05) is 36.4 Å². The zero-order chi connectivity index (χ0) is 18.5. The van der Waals surface area contributed by atoms with E-state index < -0.39 is 6.04 Å². The molecule has 26 heavy (non-hydrogen) atoms. The van der Waals surface area contributed by atoms with E-state index in [1.807, 2.05) is 24.3 Å². The molecule has 1 atom stereocenters. The molecule has 138 valence electrons. The van der Waals surface area contributed by atoms with Gasteiger partial charge >= 0.3 is 6.03 Å². The van der Waals surface area contributed by atoms with Crippen LogP contribution in [0.4, 0.5) is 15.6 Å². The normalized spacial score (nSPS) is 15.5. The Balaban J connectivity index is 1.47. The highest BCUT2D eigenvalue weighted by atomic mass is 35.5. The fourth-order valence-electron chi connectivity index (χ4n) is 2.60. The van der Waals surface area contributed by atoms with Gasteiger partial charge in [0.1, 0.15) is 11.6 Å². The zero-order valence-corrected chi connectivity index (χ0v) is 15.8. The number of carbonyl (C=O) groups is 2. The Morgan fingerprint density at radius 1 is 1.19 bits per heavy atom. The van der Waals surface area contributed by atoms with Crippen LogP contribution in [0.5, 0.6) is 0 Å². The van der Waals surface area contributed by atoms with Gasteiger partial charge in [0.05, 0.1) is 0 Å². The van der Waals surface area contributed by atoms with Gasteiger partial charge < -0.3 is 15.1 Å². The molecule has 3 amide bonds. The standard InChI is InChI=1S/C16H19ClN6O2S/c1-11(14(24)20-15-21-18-10-26-15)19-16(25)23-8-6-22(7-9-23)13-4-2-12(17)3-5-13/h2-5,10-11H,6-9H2,1H3,(H,19,25)(H,20,21,24)/t11-/m1/s1. The molecule has 1 aromatic heterocycles. The Morgan fingerprint density at radius 3 is 2.50 bits per heavy atom. The van der Waals surface area contributed by atoms with E-state index >= 15 is 0 Å². The van der Waals surface area contributed by atoms with Gasteiger partial charge in [0.15, 0.2) is 0 Å². The zero-order valence-electron chi connectivity index (χ0n) is 14.2. The number of urea groups is 1. The van der Waals surface area contributed by atoms with Crippen molar-refractivity contribution in [2.24, 2.45) is 0 Å². The van der Waals surface area contributed by atoms with Crippen LogP contribution in [-0.2, 0) is 4.79 Å². The van der Waals surface area contributed by atoms with E-state index in [0.717, 1.165) is 18.8 Å². The number of carbonyl (C=O) groups excluding carboxylic acids is 2. The topological polar surface area (TPSA) is 90.5 Å². The molecule has 0 saturated carbocycles. The van der Waals surface area contributed by atoms with E-state index in [1.165, 1.54) is 16.8 Å². The Kier molecular flexibility index (Phi) is 5.89. The van der Waals surface area contributed by atoms with Crippen LogP contribution in [0, 0.1) is 0 Å². The number of anilines is 2. The van der Waals surface area contributed by atoms with Crippen LogP contribution in [0.1, 0.15) is 6.92 Å². The first-order valence-corrected chi connectivity index (χ1v) is 9.41. The highest BCUT2D eigenvalue weighted by molar-refractivity contribution is 7.13. The van der Waals surface area contributed by atoms with Gasteiger partial charge in [-0.3, -0.25) is 10.1 Å². The predicted molar refractivity (Wildman–Crippen MR) is 102 cm³/mol. The first-order valence-electron chi connectivity index (χ1n) is 8.16. The van der Waals surface area contributed by atoms with E-state index in [1.54, 1.807) is 11.8 Å². The Labute approximate surface area is 160 Å². The molecular formula is C16H19ClN6O2S. The van der Waals surface area contributed by atoms with Crippen LogP contribution in [0.15, 0.2) is 29.8 Å². The van der Waals surface area contributed by atoms with E-state index in [-0.39, 0.29) is 11.9 Å². The van der Waals surface area contributed by atoms with Gasteiger partial charge in [0.25, 0.3) is 0 Å². The molecule has 3 rings (SSSR count). The molecule has 1 saturated heterocycles. The third-order valence-corrected chi connectivity index (χ3v) is 4.94. The predicted octanol–water partition coefficient (Wildman–Crippen LogP) is 2.05. The second-order valence-corrected chi connectivity index (χ2v) is 7.12. The van der Waals surface area contributed by atoms with Gasteiger partial charge in [0.2, 0.25) is 11.0 Å². The van der Waals surface area contributed by atoms with Crippen molar-refractivity contribution in [1.29, 1.82) is 0 Å². The lowest BCUT2D eigenvalue weighted by Gasteiger charge is -2.36. The third kappa shape index (κ3) is 4.61. The summed E-state index contributed by atoms with van der Waals surface area (Å²) in [6.45, 7) is 4.25. The number of nitrogens with one attached hydrogen (secondary N) is 2. The fourth-order valence-corrected chi connectivity index (χ4v) is 3.18. The molecule has 1 aliphatic rings. The lowest BCUT2D eigenvalue weighted by molar-refractivity contribution is -0.117. The van der Waals surface area contributed by atoms with Crippen LogP contribution in [-0.4, -0.2) is 59.3 Å². The van der Waals surface area contributed by atoms with E-state index in [2.05, 4.69) is 25.7 Å². The summed E-state index contributed by atoms with van der Waals surface area (Å²) in [6, 6.07) is 6.74. The van der Waals surface area contributed by atoms with Crippen molar-refractivity contribution < 1.29 is 9.59 Å². The van der Waals surface area contributed by atoms with Crippen molar-refractivity contribution in [2.45, 2.75) is 13.0 Å². The SMILES string of the molecule is C[C@@H](NC(=O)N1CCN(c2ccc(Cl)cc2)CC1)C(=O)Nc1nncs1. The number of benzene rings is 1. The lowest BCUT2D eigenvalue weighted by atomic mass is 10.2. The average Bonchev–Trinajstić information content (AvgIpc) is 3.15. The van der Waals surface area contributed by atoms with Crippen molar-refractivity contribution in [3.63, 3.8) is 0 Å². The van der Waals surface area contributed by atoms with Crippen LogP contribution >= 0.6 is 22.9 Å². The van der Waals surface area contributed by atoms with Gasteiger partial charge in [0, 0.05) is 36.9 Å². The average molecular weight is 395 g/mol. The second-order valence-electron chi connectivity index (χ2n) is 5.85. The number of aromatic nitrogens is 2. The monoisotopic (exact) mass is 394 g/mol. The maximum Gasteiger partial charge on any atom is 0.318 e. The molecule has 1 aromatic carbocycles. The smallest absolute Gasteiger partial charge is 0.318 e. The lowest BCUT2D eigenvalue weighted by Crippen LogP contribution is -2.54. The molecule has 2 heterocycles. The quantitative estimate of drug-likeness (QED) is 0.828. The number of halogens is 1. The molecule has 0 bridgehead atoms. The van der Waals surface area contributed by atoms with Gasteiger partial charge in [-0.15, -0.1) is 10.2 Å². The van der Waals surface area contributed by atoms with Crippen molar-refractivity contribution in [1.82, 2.24) is 20.4 Å². The minimum Gasteiger partial charge on any atom is -0.368 e. The number of amides is 3.